The number of aliphatic hydroxyl groups excluding tert-OH is 1. The van der Waals surface area contributed by atoms with E-state index in [1.807, 2.05) is 29.3 Å². The largest absolute Gasteiger partial charge is 0.394 e. The molecule has 1 saturated heterocycles. The number of nitrogens with one attached hydrogen (secondary N) is 1. The molecule has 1 fully saturated rings. The van der Waals surface area contributed by atoms with Crippen LogP contribution in [0.4, 0.5) is 0 Å². The first-order valence-corrected chi connectivity index (χ1v) is 7.65. The highest BCUT2D eigenvalue weighted by Crippen LogP contribution is 2.28. The maximum Gasteiger partial charge on any atom is 0.227 e. The van der Waals surface area contributed by atoms with Crippen molar-refractivity contribution in [3.8, 4) is 0 Å². The summed E-state index contributed by atoms with van der Waals surface area (Å²) in [4.78, 5) is 17.4. The molecule has 2 N–H and O–H groups in total. The molecule has 106 valence electrons. The Labute approximate surface area is 125 Å². The number of H-pyrrole nitrogens is 1. The Bertz CT molecular complexity index is 638. The van der Waals surface area contributed by atoms with Gasteiger partial charge in [-0.1, -0.05) is 22.0 Å². The van der Waals surface area contributed by atoms with Gasteiger partial charge in [0.05, 0.1) is 19.1 Å². The van der Waals surface area contributed by atoms with Gasteiger partial charge in [0.1, 0.15) is 0 Å². The van der Waals surface area contributed by atoms with Gasteiger partial charge in [-0.25, -0.2) is 0 Å². The highest BCUT2D eigenvalue weighted by molar-refractivity contribution is 9.10. The molecule has 1 atom stereocenters. The smallest absolute Gasteiger partial charge is 0.227 e. The molecule has 2 aromatic rings. The van der Waals surface area contributed by atoms with E-state index in [2.05, 4.69) is 20.9 Å². The summed E-state index contributed by atoms with van der Waals surface area (Å²) < 4.78 is 0.999. The van der Waals surface area contributed by atoms with Crippen LogP contribution in [0, 0.1) is 0 Å². The number of likely N-dealkylation sites (tertiary alicyclic amines) is 1. The number of halogens is 1. The second-order valence-corrected chi connectivity index (χ2v) is 6.07. The van der Waals surface area contributed by atoms with Gasteiger partial charge in [0, 0.05) is 28.1 Å². The average Bonchev–Trinajstić information content (AvgIpc) is 3.06. The normalized spacial score (nSPS) is 18.9. The number of benzene rings is 1. The highest BCUT2D eigenvalue weighted by atomic mass is 79.9. The Morgan fingerprint density at radius 2 is 2.35 bits per heavy atom. The zero-order valence-electron chi connectivity index (χ0n) is 11.1. The summed E-state index contributed by atoms with van der Waals surface area (Å²) in [5, 5.41) is 10.4. The molecule has 4 nitrogen and oxygen atoms in total. The number of aromatic amines is 1. The van der Waals surface area contributed by atoms with Crippen molar-refractivity contribution in [3.63, 3.8) is 0 Å². The number of amides is 1. The lowest BCUT2D eigenvalue weighted by Gasteiger charge is -2.22. The van der Waals surface area contributed by atoms with Crippen LogP contribution in [0.25, 0.3) is 10.9 Å². The molecule has 1 aromatic heterocycles. The number of fused-ring (bicyclic) bond motifs is 1. The van der Waals surface area contributed by atoms with Crippen molar-refractivity contribution < 1.29 is 9.90 Å². The maximum atomic E-state index is 12.4. The van der Waals surface area contributed by atoms with E-state index >= 15 is 0 Å². The first-order valence-electron chi connectivity index (χ1n) is 6.85. The van der Waals surface area contributed by atoms with Crippen molar-refractivity contribution in [1.29, 1.82) is 0 Å². The number of nitrogens with zero attached hydrogens (tertiary/aromatic N) is 1. The van der Waals surface area contributed by atoms with Gasteiger partial charge in [0.2, 0.25) is 5.91 Å². The van der Waals surface area contributed by atoms with E-state index in [0.717, 1.165) is 40.3 Å². The standard InChI is InChI=1S/C15H17BrN2O2/c16-12-4-1-5-13-15(12)10(8-17-13)7-14(20)18-6-2-3-11(18)9-19/h1,4-5,8,11,17,19H,2-3,6-7,9H2/t11-/m1/s1. The zero-order chi connectivity index (χ0) is 14.1. The Morgan fingerprint density at radius 3 is 3.15 bits per heavy atom. The SMILES string of the molecule is O=C(Cc1c[nH]c2cccc(Br)c12)N1CCC[C@@H]1CO. The number of carbonyl (C=O) groups excluding carboxylic acids is 1. The molecule has 0 saturated carbocycles. The number of hydrogen-bond acceptors (Lipinski definition) is 2. The Balaban J connectivity index is 1.84. The van der Waals surface area contributed by atoms with Gasteiger partial charge >= 0.3 is 0 Å². The molecule has 1 amide bonds. The predicted molar refractivity (Wildman–Crippen MR) is 81.5 cm³/mol. The maximum absolute atomic E-state index is 12.4. The lowest BCUT2D eigenvalue weighted by Crippen LogP contribution is -2.38. The molecule has 0 spiro atoms. The first kappa shape index (κ1) is 13.6. The number of rotatable bonds is 3. The van der Waals surface area contributed by atoms with Crippen molar-refractivity contribution in [2.75, 3.05) is 13.2 Å². The van der Waals surface area contributed by atoms with Crippen molar-refractivity contribution in [1.82, 2.24) is 9.88 Å². The monoisotopic (exact) mass is 336 g/mol. The summed E-state index contributed by atoms with van der Waals surface area (Å²) in [7, 11) is 0. The molecule has 0 bridgehead atoms. The number of aliphatic hydroxyl groups is 1. The van der Waals surface area contributed by atoms with Crippen molar-refractivity contribution in [2.45, 2.75) is 25.3 Å². The Morgan fingerprint density at radius 1 is 1.50 bits per heavy atom. The molecular weight excluding hydrogens is 320 g/mol. The molecular formula is C15H17BrN2O2. The van der Waals surface area contributed by atoms with Crippen molar-refractivity contribution >= 4 is 32.7 Å². The third-order valence-corrected chi connectivity index (χ3v) is 4.65. The number of aromatic nitrogens is 1. The highest BCUT2D eigenvalue weighted by Gasteiger charge is 2.28. The van der Waals surface area contributed by atoms with E-state index in [1.54, 1.807) is 0 Å². The summed E-state index contributed by atoms with van der Waals surface area (Å²) in [6.45, 7) is 0.816. The lowest BCUT2D eigenvalue weighted by atomic mass is 10.1. The van der Waals surface area contributed by atoms with Gasteiger partial charge in [-0.05, 0) is 30.5 Å². The molecule has 1 aromatic carbocycles. The fraction of sp³-hybridized carbons (Fsp3) is 0.400. The van der Waals surface area contributed by atoms with Crippen LogP contribution in [0.5, 0.6) is 0 Å². The van der Waals surface area contributed by atoms with Crippen molar-refractivity contribution in [2.24, 2.45) is 0 Å². The van der Waals surface area contributed by atoms with Gasteiger partial charge in [0.25, 0.3) is 0 Å². The summed E-state index contributed by atoms with van der Waals surface area (Å²) in [6.07, 6.45) is 4.16. The van der Waals surface area contributed by atoms with Gasteiger partial charge in [0.15, 0.2) is 0 Å². The van der Waals surface area contributed by atoms with E-state index < -0.39 is 0 Å². The average molecular weight is 337 g/mol. The van der Waals surface area contributed by atoms with Crippen LogP contribution in [-0.2, 0) is 11.2 Å². The van der Waals surface area contributed by atoms with Crippen molar-refractivity contribution in [3.05, 3.63) is 34.4 Å². The molecule has 20 heavy (non-hydrogen) atoms. The van der Waals surface area contributed by atoms with E-state index in [4.69, 9.17) is 0 Å². The molecule has 1 aliphatic rings. The topological polar surface area (TPSA) is 56.3 Å². The van der Waals surface area contributed by atoms with Crippen LogP contribution in [0.3, 0.4) is 0 Å². The van der Waals surface area contributed by atoms with Crippen LogP contribution < -0.4 is 0 Å². The molecule has 5 heteroatoms. The van der Waals surface area contributed by atoms with E-state index in [-0.39, 0.29) is 18.6 Å². The third kappa shape index (κ3) is 2.36. The predicted octanol–water partition coefficient (Wildman–Crippen LogP) is 2.46. The second kappa shape index (κ2) is 5.58. The summed E-state index contributed by atoms with van der Waals surface area (Å²) in [5.74, 6) is 0.0956. The van der Waals surface area contributed by atoms with Gasteiger partial charge in [-0.2, -0.15) is 0 Å². The van der Waals surface area contributed by atoms with E-state index in [0.29, 0.717) is 6.42 Å². The number of hydrogen-bond donors (Lipinski definition) is 2. The van der Waals surface area contributed by atoms with Crippen LogP contribution >= 0.6 is 15.9 Å². The van der Waals surface area contributed by atoms with E-state index in [9.17, 15) is 9.90 Å². The third-order valence-electron chi connectivity index (χ3n) is 3.99. The van der Waals surface area contributed by atoms with E-state index in [1.165, 1.54) is 0 Å². The second-order valence-electron chi connectivity index (χ2n) is 5.22. The zero-order valence-corrected chi connectivity index (χ0v) is 12.7. The minimum atomic E-state index is -0.00357. The number of carbonyl (C=O) groups is 1. The molecule has 3 rings (SSSR count). The van der Waals surface area contributed by atoms with Crippen LogP contribution in [-0.4, -0.2) is 40.1 Å². The minimum absolute atomic E-state index is 0.00357. The summed E-state index contributed by atoms with van der Waals surface area (Å²) in [5.41, 5.74) is 2.03. The Kier molecular flexibility index (Phi) is 3.81. The molecule has 0 aliphatic carbocycles. The fourth-order valence-electron chi connectivity index (χ4n) is 2.97. The molecule has 2 heterocycles. The van der Waals surface area contributed by atoms with Crippen LogP contribution in [0.15, 0.2) is 28.9 Å². The Hall–Kier alpha value is -1.33. The fourth-order valence-corrected chi connectivity index (χ4v) is 3.59. The van der Waals surface area contributed by atoms with Crippen LogP contribution in [0.2, 0.25) is 0 Å². The summed E-state index contributed by atoms with van der Waals surface area (Å²) >= 11 is 3.54. The molecule has 1 aliphatic heterocycles. The first-order chi connectivity index (χ1) is 9.70. The van der Waals surface area contributed by atoms with Gasteiger partial charge in [-0.3, -0.25) is 4.79 Å². The lowest BCUT2D eigenvalue weighted by molar-refractivity contribution is -0.131. The van der Waals surface area contributed by atoms with Gasteiger partial charge < -0.3 is 15.0 Å². The van der Waals surface area contributed by atoms with Crippen LogP contribution in [0.1, 0.15) is 18.4 Å². The molecule has 0 unspecified atom stereocenters. The van der Waals surface area contributed by atoms with Gasteiger partial charge in [-0.15, -0.1) is 0 Å². The quantitative estimate of drug-likeness (QED) is 0.904. The molecule has 0 radical (unpaired) electrons. The summed E-state index contributed by atoms with van der Waals surface area (Å²) in [6, 6.07) is 5.95. The minimum Gasteiger partial charge on any atom is -0.394 e.